The van der Waals surface area contributed by atoms with Crippen LogP contribution in [0.25, 0.3) is 0 Å². The zero-order valence-corrected chi connectivity index (χ0v) is 16.1. The summed E-state index contributed by atoms with van der Waals surface area (Å²) in [4.78, 5) is 35.6. The molecular formula is C22H24N2O5. The van der Waals surface area contributed by atoms with Crippen LogP contribution >= 0.6 is 0 Å². The number of aryl methyl sites for hydroxylation is 1. The number of fused-ring (bicyclic) bond motifs is 1. The van der Waals surface area contributed by atoms with Gasteiger partial charge in [0.15, 0.2) is 13.2 Å². The lowest BCUT2D eigenvalue weighted by atomic mass is 9.88. The lowest BCUT2D eigenvalue weighted by Crippen LogP contribution is -2.37. The fraction of sp³-hybridized carbons (Fsp3) is 0.318. The zero-order valence-electron chi connectivity index (χ0n) is 16.1. The average Bonchev–Trinajstić information content (AvgIpc) is 2.76. The van der Waals surface area contributed by atoms with Crippen LogP contribution in [0.3, 0.4) is 0 Å². The quantitative estimate of drug-likeness (QED) is 0.665. The average molecular weight is 396 g/mol. The van der Waals surface area contributed by atoms with Crippen LogP contribution in [0.2, 0.25) is 0 Å². The van der Waals surface area contributed by atoms with Gasteiger partial charge in [0, 0.05) is 0 Å². The lowest BCUT2D eigenvalue weighted by molar-refractivity contribution is -0.148. The number of amides is 2. The van der Waals surface area contributed by atoms with E-state index in [-0.39, 0.29) is 31.7 Å². The number of nitrogens with one attached hydrogen (secondary N) is 2. The second-order valence-electron chi connectivity index (χ2n) is 6.75. The first kappa shape index (κ1) is 20.4. The maximum Gasteiger partial charge on any atom is 0.325 e. The Morgan fingerprint density at radius 3 is 2.52 bits per heavy atom. The number of carbonyl (C=O) groups is 3. The number of hydrogen-bond donors (Lipinski definition) is 2. The minimum absolute atomic E-state index is 0.0685. The van der Waals surface area contributed by atoms with Gasteiger partial charge in [0.25, 0.3) is 11.8 Å². The van der Waals surface area contributed by atoms with Gasteiger partial charge in [-0.05, 0) is 42.5 Å². The van der Waals surface area contributed by atoms with E-state index in [1.54, 1.807) is 24.3 Å². The Kier molecular flexibility index (Phi) is 7.22. The van der Waals surface area contributed by atoms with Crippen LogP contribution < -0.4 is 15.4 Å². The van der Waals surface area contributed by atoms with Crippen molar-refractivity contribution in [1.82, 2.24) is 10.6 Å². The zero-order chi connectivity index (χ0) is 20.5. The number of ether oxygens (including phenoxy) is 2. The number of carbonyl (C=O) groups excluding carboxylic acids is 3. The molecule has 0 aromatic heterocycles. The molecule has 0 heterocycles. The number of benzene rings is 2. The minimum Gasteiger partial charge on any atom is -0.484 e. The van der Waals surface area contributed by atoms with Crippen molar-refractivity contribution in [3.63, 3.8) is 0 Å². The summed E-state index contributed by atoms with van der Waals surface area (Å²) in [6.07, 6.45) is 2.86. The second-order valence-corrected chi connectivity index (χ2v) is 6.75. The van der Waals surface area contributed by atoms with E-state index >= 15 is 0 Å². The predicted octanol–water partition coefficient (Wildman–Crippen LogP) is 1.92. The smallest absolute Gasteiger partial charge is 0.325 e. The van der Waals surface area contributed by atoms with Crippen LogP contribution in [0.1, 0.15) is 30.0 Å². The Morgan fingerprint density at radius 2 is 1.69 bits per heavy atom. The first-order valence-electron chi connectivity index (χ1n) is 9.59. The van der Waals surface area contributed by atoms with Crippen molar-refractivity contribution in [3.05, 3.63) is 65.7 Å². The molecule has 1 aliphatic carbocycles. The van der Waals surface area contributed by atoms with Crippen molar-refractivity contribution in [2.24, 2.45) is 0 Å². The molecule has 0 saturated carbocycles. The van der Waals surface area contributed by atoms with E-state index in [1.165, 1.54) is 5.56 Å². The molecule has 0 bridgehead atoms. The molecule has 1 atom stereocenters. The van der Waals surface area contributed by atoms with Gasteiger partial charge >= 0.3 is 5.97 Å². The molecule has 152 valence electrons. The van der Waals surface area contributed by atoms with Gasteiger partial charge in [-0.25, -0.2) is 0 Å². The monoisotopic (exact) mass is 396 g/mol. The lowest BCUT2D eigenvalue weighted by Gasteiger charge is -2.26. The van der Waals surface area contributed by atoms with Gasteiger partial charge in [-0.2, -0.15) is 0 Å². The number of rotatable bonds is 8. The molecule has 2 N–H and O–H groups in total. The SMILES string of the molecule is O=C(COc1ccccc1)NCC(=O)OCC(=O)NC1CCCc2ccccc21. The molecule has 1 aliphatic rings. The Hall–Kier alpha value is -3.35. The molecule has 2 aromatic rings. The van der Waals surface area contributed by atoms with Crippen LogP contribution in [-0.2, 0) is 25.5 Å². The standard InChI is InChI=1S/C22H24N2O5/c25-20(14-28-17-9-2-1-3-10-17)23-13-22(27)29-15-21(26)24-19-12-6-8-16-7-4-5-11-18(16)19/h1-5,7,9-11,19H,6,8,12-15H2,(H,23,25)(H,24,26). The fourth-order valence-electron chi connectivity index (χ4n) is 3.22. The van der Waals surface area contributed by atoms with Crippen molar-refractivity contribution >= 4 is 17.8 Å². The van der Waals surface area contributed by atoms with E-state index in [2.05, 4.69) is 16.7 Å². The first-order chi connectivity index (χ1) is 14.1. The molecule has 7 nitrogen and oxygen atoms in total. The topological polar surface area (TPSA) is 93.7 Å². The van der Waals surface area contributed by atoms with Crippen molar-refractivity contribution in [1.29, 1.82) is 0 Å². The number of esters is 1. The van der Waals surface area contributed by atoms with Crippen molar-refractivity contribution in [3.8, 4) is 5.75 Å². The summed E-state index contributed by atoms with van der Waals surface area (Å²) in [5.41, 5.74) is 2.35. The largest absolute Gasteiger partial charge is 0.484 e. The van der Waals surface area contributed by atoms with Crippen LogP contribution in [0.4, 0.5) is 0 Å². The molecule has 2 aromatic carbocycles. The van der Waals surface area contributed by atoms with E-state index < -0.39 is 11.9 Å². The maximum absolute atomic E-state index is 12.1. The molecule has 29 heavy (non-hydrogen) atoms. The van der Waals surface area contributed by atoms with E-state index in [0.717, 1.165) is 24.8 Å². The summed E-state index contributed by atoms with van der Waals surface area (Å²) in [5.74, 6) is -0.934. The normalized spacial score (nSPS) is 15.0. The van der Waals surface area contributed by atoms with Crippen LogP contribution in [0.15, 0.2) is 54.6 Å². The Bertz CT molecular complexity index is 853. The third-order valence-electron chi connectivity index (χ3n) is 4.61. The van der Waals surface area contributed by atoms with Gasteiger partial charge in [0.1, 0.15) is 12.3 Å². The Labute approximate surface area is 169 Å². The summed E-state index contributed by atoms with van der Waals surface area (Å²) < 4.78 is 10.2. The number of para-hydroxylation sites is 1. The molecule has 0 spiro atoms. The van der Waals surface area contributed by atoms with Gasteiger partial charge < -0.3 is 20.1 Å². The second kappa shape index (κ2) is 10.3. The van der Waals surface area contributed by atoms with Gasteiger partial charge in [-0.1, -0.05) is 42.5 Å². The highest BCUT2D eigenvalue weighted by Crippen LogP contribution is 2.29. The maximum atomic E-state index is 12.1. The van der Waals surface area contributed by atoms with Gasteiger partial charge in [-0.3, -0.25) is 14.4 Å². The van der Waals surface area contributed by atoms with Crippen LogP contribution in [0, 0.1) is 0 Å². The Morgan fingerprint density at radius 1 is 0.931 bits per heavy atom. The number of hydrogen-bond acceptors (Lipinski definition) is 5. The molecule has 0 fully saturated rings. The molecule has 3 rings (SSSR count). The first-order valence-corrected chi connectivity index (χ1v) is 9.59. The Balaban J connectivity index is 1.34. The highest BCUT2D eigenvalue weighted by molar-refractivity contribution is 5.85. The summed E-state index contributed by atoms with van der Waals surface area (Å²) in [6, 6.07) is 16.8. The van der Waals surface area contributed by atoms with Gasteiger partial charge in [0.05, 0.1) is 6.04 Å². The van der Waals surface area contributed by atoms with E-state index in [4.69, 9.17) is 9.47 Å². The molecule has 7 heteroatoms. The summed E-state index contributed by atoms with van der Waals surface area (Å²) in [6.45, 7) is -0.913. The highest BCUT2D eigenvalue weighted by atomic mass is 16.5. The molecule has 0 aliphatic heterocycles. The summed E-state index contributed by atoms with van der Waals surface area (Å²) in [5, 5.41) is 5.31. The third-order valence-corrected chi connectivity index (χ3v) is 4.61. The van der Waals surface area contributed by atoms with Gasteiger partial charge in [0.2, 0.25) is 0 Å². The van der Waals surface area contributed by atoms with E-state index in [9.17, 15) is 14.4 Å². The van der Waals surface area contributed by atoms with Crippen molar-refractivity contribution < 1.29 is 23.9 Å². The predicted molar refractivity (Wildman–Crippen MR) is 106 cm³/mol. The van der Waals surface area contributed by atoms with Gasteiger partial charge in [-0.15, -0.1) is 0 Å². The van der Waals surface area contributed by atoms with E-state index in [1.807, 2.05) is 24.3 Å². The third kappa shape index (κ3) is 6.34. The molecular weight excluding hydrogens is 372 g/mol. The van der Waals surface area contributed by atoms with Crippen LogP contribution in [0.5, 0.6) is 5.75 Å². The molecule has 1 unspecified atom stereocenters. The molecule has 0 saturated heterocycles. The summed E-state index contributed by atoms with van der Waals surface area (Å²) in [7, 11) is 0. The fourth-order valence-corrected chi connectivity index (χ4v) is 3.22. The molecule has 2 amide bonds. The van der Waals surface area contributed by atoms with Crippen molar-refractivity contribution in [2.45, 2.75) is 25.3 Å². The molecule has 0 radical (unpaired) electrons. The van der Waals surface area contributed by atoms with E-state index in [0.29, 0.717) is 5.75 Å². The summed E-state index contributed by atoms with van der Waals surface area (Å²) >= 11 is 0. The van der Waals surface area contributed by atoms with Crippen molar-refractivity contribution in [2.75, 3.05) is 19.8 Å². The highest BCUT2D eigenvalue weighted by Gasteiger charge is 2.21. The minimum atomic E-state index is -0.683. The van der Waals surface area contributed by atoms with Crippen LogP contribution in [-0.4, -0.2) is 37.5 Å².